The van der Waals surface area contributed by atoms with Gasteiger partial charge < -0.3 is 22.5 Å². The summed E-state index contributed by atoms with van der Waals surface area (Å²) < 4.78 is 8.36. The molecule has 0 atom stereocenters. The lowest BCUT2D eigenvalue weighted by atomic mass is 10.2. The molecule has 0 aliphatic heterocycles. The molecule has 2 aromatic rings. The van der Waals surface area contributed by atoms with Gasteiger partial charge in [-0.15, -0.1) is 0 Å². The summed E-state index contributed by atoms with van der Waals surface area (Å²) in [4.78, 5) is 11.8. The monoisotopic (exact) mass is 298 g/mol. The lowest BCUT2D eigenvalue weighted by Crippen LogP contribution is -3.00. The van der Waals surface area contributed by atoms with E-state index < -0.39 is 0 Å². The second-order valence-electron chi connectivity index (χ2n) is 4.75. The van der Waals surface area contributed by atoms with Crippen LogP contribution in [0.5, 0.6) is 0 Å². The van der Waals surface area contributed by atoms with Crippen molar-refractivity contribution in [2.75, 3.05) is 20.3 Å². The SMILES string of the molecule is COCCCNCc1ccc2c(c1)n(C)c(=O)n2C.[Cl-]. The van der Waals surface area contributed by atoms with E-state index in [-0.39, 0.29) is 18.1 Å². The Morgan fingerprint density at radius 2 is 1.90 bits per heavy atom. The Labute approximate surface area is 124 Å². The Morgan fingerprint density at radius 3 is 2.60 bits per heavy atom. The summed E-state index contributed by atoms with van der Waals surface area (Å²) in [6.07, 6.45) is 1.00. The number of halogens is 1. The van der Waals surface area contributed by atoms with E-state index in [1.807, 2.05) is 6.07 Å². The molecule has 5 nitrogen and oxygen atoms in total. The Bertz CT molecular complexity index is 619. The van der Waals surface area contributed by atoms with Gasteiger partial charge in [-0.05, 0) is 30.7 Å². The zero-order chi connectivity index (χ0) is 13.8. The van der Waals surface area contributed by atoms with Crippen LogP contribution in [0.4, 0.5) is 0 Å². The van der Waals surface area contributed by atoms with Gasteiger partial charge in [-0.2, -0.15) is 0 Å². The molecular formula is C14H21ClN3O2-. The van der Waals surface area contributed by atoms with Crippen molar-refractivity contribution in [3.05, 3.63) is 34.2 Å². The van der Waals surface area contributed by atoms with Crippen molar-refractivity contribution in [1.29, 1.82) is 0 Å². The molecule has 0 saturated heterocycles. The van der Waals surface area contributed by atoms with Crippen molar-refractivity contribution in [3.63, 3.8) is 0 Å². The number of imidazole rings is 1. The first-order valence-electron chi connectivity index (χ1n) is 6.49. The molecule has 0 amide bonds. The van der Waals surface area contributed by atoms with E-state index in [0.29, 0.717) is 0 Å². The number of aromatic nitrogens is 2. The van der Waals surface area contributed by atoms with Gasteiger partial charge in [-0.1, -0.05) is 6.07 Å². The summed E-state index contributed by atoms with van der Waals surface area (Å²) in [5, 5.41) is 3.37. The minimum absolute atomic E-state index is 0. The number of hydrogen-bond donors (Lipinski definition) is 1. The molecule has 0 saturated carbocycles. The molecule has 1 heterocycles. The van der Waals surface area contributed by atoms with Crippen LogP contribution in [0.2, 0.25) is 0 Å². The average molecular weight is 299 g/mol. The van der Waals surface area contributed by atoms with Crippen molar-refractivity contribution < 1.29 is 17.1 Å². The van der Waals surface area contributed by atoms with E-state index in [1.54, 1.807) is 30.3 Å². The summed E-state index contributed by atoms with van der Waals surface area (Å²) in [5.41, 5.74) is 3.14. The first kappa shape index (κ1) is 16.8. The first-order chi connectivity index (χ1) is 9.15. The Hall–Kier alpha value is -1.30. The van der Waals surface area contributed by atoms with Crippen LogP contribution in [-0.2, 0) is 25.4 Å². The molecule has 0 radical (unpaired) electrons. The van der Waals surface area contributed by atoms with Crippen molar-refractivity contribution in [2.24, 2.45) is 14.1 Å². The Kier molecular flexibility index (Phi) is 6.26. The minimum atomic E-state index is 0. The van der Waals surface area contributed by atoms with Crippen LogP contribution in [-0.4, -0.2) is 29.4 Å². The van der Waals surface area contributed by atoms with E-state index in [1.165, 1.54) is 5.56 Å². The summed E-state index contributed by atoms with van der Waals surface area (Å²) in [6.45, 7) is 2.52. The predicted molar refractivity (Wildman–Crippen MR) is 76.4 cm³/mol. The van der Waals surface area contributed by atoms with Crippen molar-refractivity contribution >= 4 is 11.0 Å². The Balaban J connectivity index is 0.00000200. The van der Waals surface area contributed by atoms with Crippen molar-refractivity contribution in [2.45, 2.75) is 13.0 Å². The molecule has 2 rings (SSSR count). The first-order valence-corrected chi connectivity index (χ1v) is 6.49. The van der Waals surface area contributed by atoms with E-state index in [9.17, 15) is 4.79 Å². The third kappa shape index (κ3) is 3.42. The van der Waals surface area contributed by atoms with E-state index in [4.69, 9.17) is 4.74 Å². The highest BCUT2D eigenvalue weighted by molar-refractivity contribution is 5.76. The van der Waals surface area contributed by atoms with Crippen molar-refractivity contribution in [1.82, 2.24) is 14.5 Å². The molecule has 0 spiro atoms. The molecule has 1 aromatic heterocycles. The molecule has 0 fully saturated rings. The number of rotatable bonds is 6. The van der Waals surface area contributed by atoms with Gasteiger partial charge in [0.05, 0.1) is 11.0 Å². The summed E-state index contributed by atoms with van der Waals surface area (Å²) >= 11 is 0. The molecule has 0 bridgehead atoms. The van der Waals surface area contributed by atoms with Gasteiger partial charge >= 0.3 is 5.69 Å². The van der Waals surface area contributed by atoms with Crippen LogP contribution in [0.15, 0.2) is 23.0 Å². The average Bonchev–Trinajstić information content (AvgIpc) is 2.64. The lowest BCUT2D eigenvalue weighted by molar-refractivity contribution is -0.00000451. The number of fused-ring (bicyclic) bond motifs is 1. The number of methoxy groups -OCH3 is 1. The minimum Gasteiger partial charge on any atom is -1.00 e. The van der Waals surface area contributed by atoms with Gasteiger partial charge in [-0.25, -0.2) is 4.79 Å². The maximum atomic E-state index is 11.8. The maximum Gasteiger partial charge on any atom is 0.328 e. The molecule has 20 heavy (non-hydrogen) atoms. The van der Waals surface area contributed by atoms with Gasteiger partial charge in [0.25, 0.3) is 0 Å². The second-order valence-corrected chi connectivity index (χ2v) is 4.75. The highest BCUT2D eigenvalue weighted by atomic mass is 35.5. The van der Waals surface area contributed by atoms with Gasteiger partial charge in [0.2, 0.25) is 0 Å². The number of ether oxygens (including phenoxy) is 1. The fraction of sp³-hybridized carbons (Fsp3) is 0.500. The van der Waals surface area contributed by atoms with Crippen LogP contribution in [0.25, 0.3) is 11.0 Å². The number of hydrogen-bond acceptors (Lipinski definition) is 3. The third-order valence-electron chi connectivity index (χ3n) is 3.37. The number of benzene rings is 1. The molecule has 0 aliphatic carbocycles. The molecule has 1 N–H and O–H groups in total. The second kappa shape index (κ2) is 7.47. The number of nitrogens with zero attached hydrogens (tertiary/aromatic N) is 2. The van der Waals surface area contributed by atoms with Crippen molar-refractivity contribution in [3.8, 4) is 0 Å². The summed E-state index contributed by atoms with van der Waals surface area (Å²) in [7, 11) is 5.32. The fourth-order valence-electron chi connectivity index (χ4n) is 2.24. The molecule has 0 aliphatic rings. The lowest BCUT2D eigenvalue weighted by Gasteiger charge is -2.05. The van der Waals surface area contributed by atoms with Gasteiger partial charge in [0.15, 0.2) is 0 Å². The number of nitrogens with one attached hydrogen (secondary N) is 1. The molecular weight excluding hydrogens is 278 g/mol. The van der Waals surface area contributed by atoms with Crippen LogP contribution in [0.1, 0.15) is 12.0 Å². The highest BCUT2D eigenvalue weighted by Gasteiger charge is 2.07. The topological polar surface area (TPSA) is 48.2 Å². The number of aryl methyl sites for hydroxylation is 2. The molecule has 6 heteroatoms. The van der Waals surface area contributed by atoms with Crippen LogP contribution >= 0.6 is 0 Å². The van der Waals surface area contributed by atoms with Crippen LogP contribution in [0, 0.1) is 0 Å². The van der Waals surface area contributed by atoms with Gasteiger partial charge in [0, 0.05) is 34.4 Å². The van der Waals surface area contributed by atoms with Crippen LogP contribution in [0.3, 0.4) is 0 Å². The zero-order valence-corrected chi connectivity index (χ0v) is 12.9. The van der Waals surface area contributed by atoms with Crippen LogP contribution < -0.4 is 23.4 Å². The predicted octanol–water partition coefficient (Wildman–Crippen LogP) is -1.99. The standard InChI is InChI=1S/C14H21N3O2.ClH/c1-16-12-6-5-11(10-15-7-4-8-19-3)9-13(12)17(2)14(16)18;/h5-6,9,15H,4,7-8,10H2,1-3H3;1H/p-1. The smallest absolute Gasteiger partial charge is 0.328 e. The van der Waals surface area contributed by atoms with E-state index in [2.05, 4.69) is 17.4 Å². The summed E-state index contributed by atoms with van der Waals surface area (Å²) in [5.74, 6) is 0. The van der Waals surface area contributed by atoms with E-state index >= 15 is 0 Å². The normalized spacial score (nSPS) is 10.8. The quantitative estimate of drug-likeness (QED) is 0.628. The fourth-order valence-corrected chi connectivity index (χ4v) is 2.24. The summed E-state index contributed by atoms with van der Waals surface area (Å²) in [6, 6.07) is 6.13. The zero-order valence-electron chi connectivity index (χ0n) is 12.1. The molecule has 0 unspecified atom stereocenters. The third-order valence-corrected chi connectivity index (χ3v) is 3.37. The van der Waals surface area contributed by atoms with Gasteiger partial charge in [-0.3, -0.25) is 9.13 Å². The molecule has 1 aromatic carbocycles. The Morgan fingerprint density at radius 1 is 1.20 bits per heavy atom. The largest absolute Gasteiger partial charge is 1.00 e. The van der Waals surface area contributed by atoms with Gasteiger partial charge in [0.1, 0.15) is 0 Å². The maximum absolute atomic E-state index is 11.8. The van der Waals surface area contributed by atoms with E-state index in [0.717, 1.165) is 37.2 Å². The molecule has 112 valence electrons. The highest BCUT2D eigenvalue weighted by Crippen LogP contribution is 2.13.